The van der Waals surface area contributed by atoms with Crippen molar-refractivity contribution in [1.82, 2.24) is 14.3 Å². The molecule has 90 valence electrons. The van der Waals surface area contributed by atoms with Crippen LogP contribution in [0, 0.1) is 0 Å². The lowest BCUT2D eigenvalue weighted by atomic mass is 10.2. The molecule has 3 aromatic rings. The first kappa shape index (κ1) is 10.6. The molecule has 0 aliphatic carbocycles. The Morgan fingerprint density at radius 3 is 2.72 bits per heavy atom. The van der Waals surface area contributed by atoms with Gasteiger partial charge in [-0.15, -0.1) is 0 Å². The number of aryl methyl sites for hydroxylation is 1. The van der Waals surface area contributed by atoms with Crippen LogP contribution in [0.25, 0.3) is 16.7 Å². The summed E-state index contributed by atoms with van der Waals surface area (Å²) >= 11 is 0. The number of benzene rings is 1. The summed E-state index contributed by atoms with van der Waals surface area (Å²) in [4.78, 5) is 11.2. The van der Waals surface area contributed by atoms with Gasteiger partial charge in [0.05, 0.1) is 11.1 Å². The van der Waals surface area contributed by atoms with Gasteiger partial charge in [0.1, 0.15) is 0 Å². The number of carbonyl (C=O) groups is 1. The Labute approximate surface area is 103 Å². The van der Waals surface area contributed by atoms with Crippen molar-refractivity contribution in [2.24, 2.45) is 7.05 Å². The molecule has 3 rings (SSSR count). The summed E-state index contributed by atoms with van der Waals surface area (Å²) in [6, 6.07) is 9.25. The van der Waals surface area contributed by atoms with Gasteiger partial charge in [-0.2, -0.15) is 5.10 Å². The molecule has 0 saturated heterocycles. The fraction of sp³-hybridized carbons (Fsp3) is 0.0769. The van der Waals surface area contributed by atoms with E-state index >= 15 is 0 Å². The van der Waals surface area contributed by atoms with Gasteiger partial charge in [0.2, 0.25) is 0 Å². The van der Waals surface area contributed by atoms with Crippen molar-refractivity contribution >= 4 is 16.9 Å². The summed E-state index contributed by atoms with van der Waals surface area (Å²) in [5.41, 5.74) is 1.13. The van der Waals surface area contributed by atoms with Crippen molar-refractivity contribution in [2.75, 3.05) is 0 Å². The van der Waals surface area contributed by atoms with E-state index in [0.717, 1.165) is 10.9 Å². The molecule has 2 aromatic heterocycles. The lowest BCUT2D eigenvalue weighted by molar-refractivity contribution is 0.0699. The molecule has 18 heavy (non-hydrogen) atoms. The molecule has 0 fully saturated rings. The number of aromatic carboxylic acids is 1. The highest BCUT2D eigenvalue weighted by atomic mass is 16.4. The summed E-state index contributed by atoms with van der Waals surface area (Å²) in [6.07, 6.45) is 3.43. The molecule has 0 bridgehead atoms. The van der Waals surface area contributed by atoms with Gasteiger partial charge in [-0.1, -0.05) is 18.2 Å². The molecule has 0 radical (unpaired) electrons. The molecule has 0 saturated carbocycles. The van der Waals surface area contributed by atoms with E-state index in [-0.39, 0.29) is 5.56 Å². The lowest BCUT2D eigenvalue weighted by Gasteiger charge is -1.99. The molecule has 2 heterocycles. The average Bonchev–Trinajstić information content (AvgIpc) is 2.92. The van der Waals surface area contributed by atoms with E-state index < -0.39 is 5.97 Å². The second kappa shape index (κ2) is 3.73. The summed E-state index contributed by atoms with van der Waals surface area (Å²) in [5.74, 6) is -0.220. The molecule has 1 N–H and O–H groups in total. The Kier molecular flexibility index (Phi) is 2.19. The van der Waals surface area contributed by atoms with E-state index in [2.05, 4.69) is 5.10 Å². The van der Waals surface area contributed by atoms with Crippen LogP contribution in [0.15, 0.2) is 42.7 Å². The van der Waals surface area contributed by atoms with Crippen molar-refractivity contribution in [2.45, 2.75) is 0 Å². The number of para-hydroxylation sites is 1. The van der Waals surface area contributed by atoms with Crippen LogP contribution in [0.2, 0.25) is 0 Å². The predicted molar refractivity (Wildman–Crippen MR) is 67.0 cm³/mol. The Bertz CT molecular complexity index is 740. The first-order valence-corrected chi connectivity index (χ1v) is 5.50. The number of carboxylic acids is 1. The molecule has 5 nitrogen and oxygen atoms in total. The van der Waals surface area contributed by atoms with E-state index in [0.29, 0.717) is 5.82 Å². The number of fused-ring (bicyclic) bond motifs is 1. The van der Waals surface area contributed by atoms with Gasteiger partial charge in [-0.3, -0.25) is 9.25 Å². The highest BCUT2D eigenvalue weighted by Gasteiger charge is 2.15. The van der Waals surface area contributed by atoms with Gasteiger partial charge >= 0.3 is 5.97 Å². The molecule has 0 aliphatic rings. The van der Waals surface area contributed by atoms with Gasteiger partial charge in [0.15, 0.2) is 5.82 Å². The molecular weight excluding hydrogens is 230 g/mol. The van der Waals surface area contributed by atoms with Crippen LogP contribution < -0.4 is 0 Å². The lowest BCUT2D eigenvalue weighted by Crippen LogP contribution is -1.96. The first-order chi connectivity index (χ1) is 8.66. The minimum absolute atomic E-state index is 0.288. The number of nitrogens with zero attached hydrogens (tertiary/aromatic N) is 3. The fourth-order valence-corrected chi connectivity index (χ4v) is 2.07. The molecule has 0 spiro atoms. The maximum Gasteiger partial charge on any atom is 0.337 e. The summed E-state index contributed by atoms with van der Waals surface area (Å²) in [6.45, 7) is 0. The van der Waals surface area contributed by atoms with E-state index in [4.69, 9.17) is 0 Å². The zero-order valence-electron chi connectivity index (χ0n) is 9.74. The number of hydrogen-bond donors (Lipinski definition) is 1. The fourth-order valence-electron chi connectivity index (χ4n) is 2.07. The highest BCUT2D eigenvalue weighted by Crippen LogP contribution is 2.23. The van der Waals surface area contributed by atoms with E-state index in [1.54, 1.807) is 21.5 Å². The Morgan fingerprint density at radius 1 is 1.28 bits per heavy atom. The zero-order chi connectivity index (χ0) is 12.7. The van der Waals surface area contributed by atoms with Crippen molar-refractivity contribution in [3.8, 4) is 5.82 Å². The minimum atomic E-state index is -0.930. The topological polar surface area (TPSA) is 60.0 Å². The van der Waals surface area contributed by atoms with Gasteiger partial charge in [0, 0.05) is 30.9 Å². The Morgan fingerprint density at radius 2 is 2.06 bits per heavy atom. The summed E-state index contributed by atoms with van der Waals surface area (Å²) in [5, 5.41) is 14.2. The first-order valence-electron chi connectivity index (χ1n) is 5.50. The third-order valence-electron chi connectivity index (χ3n) is 2.89. The van der Waals surface area contributed by atoms with Crippen LogP contribution in [-0.4, -0.2) is 25.4 Å². The third-order valence-corrected chi connectivity index (χ3v) is 2.89. The van der Waals surface area contributed by atoms with Crippen molar-refractivity contribution < 1.29 is 9.90 Å². The smallest absolute Gasteiger partial charge is 0.337 e. The van der Waals surface area contributed by atoms with Crippen molar-refractivity contribution in [1.29, 1.82) is 0 Å². The minimum Gasteiger partial charge on any atom is -0.478 e. The maximum absolute atomic E-state index is 11.2. The second-order valence-corrected chi connectivity index (χ2v) is 4.08. The highest BCUT2D eigenvalue weighted by molar-refractivity contribution is 6.03. The van der Waals surface area contributed by atoms with Gasteiger partial charge in [0.25, 0.3) is 0 Å². The van der Waals surface area contributed by atoms with Gasteiger partial charge in [-0.25, -0.2) is 4.79 Å². The molecule has 0 aliphatic heterocycles. The number of aromatic nitrogens is 3. The SMILES string of the molecule is Cn1ccc(-n2cc(C(=O)O)c3ccccc32)n1. The Hall–Kier alpha value is -2.56. The normalized spacial score (nSPS) is 10.9. The molecule has 0 amide bonds. The summed E-state index contributed by atoms with van der Waals surface area (Å²) in [7, 11) is 1.83. The molecule has 1 aromatic carbocycles. The van der Waals surface area contributed by atoms with Crippen molar-refractivity contribution in [3.63, 3.8) is 0 Å². The zero-order valence-corrected chi connectivity index (χ0v) is 9.74. The van der Waals surface area contributed by atoms with Crippen LogP contribution in [-0.2, 0) is 7.05 Å². The van der Waals surface area contributed by atoms with Crippen molar-refractivity contribution in [3.05, 3.63) is 48.3 Å². The van der Waals surface area contributed by atoms with E-state index in [1.807, 2.05) is 37.5 Å². The molecule has 5 heteroatoms. The van der Waals surface area contributed by atoms with Crippen LogP contribution in [0.4, 0.5) is 0 Å². The van der Waals surface area contributed by atoms with Crippen LogP contribution in [0.5, 0.6) is 0 Å². The van der Waals surface area contributed by atoms with Crippen LogP contribution >= 0.6 is 0 Å². The number of rotatable bonds is 2. The molecule has 0 unspecified atom stereocenters. The van der Waals surface area contributed by atoms with Gasteiger partial charge < -0.3 is 5.11 Å². The van der Waals surface area contributed by atoms with E-state index in [9.17, 15) is 9.90 Å². The van der Waals surface area contributed by atoms with Crippen LogP contribution in [0.1, 0.15) is 10.4 Å². The third kappa shape index (κ3) is 1.48. The molecule has 0 atom stereocenters. The monoisotopic (exact) mass is 241 g/mol. The van der Waals surface area contributed by atoms with Crippen LogP contribution in [0.3, 0.4) is 0 Å². The number of hydrogen-bond acceptors (Lipinski definition) is 2. The second-order valence-electron chi connectivity index (χ2n) is 4.08. The number of carboxylic acid groups (broad SMARTS) is 1. The quantitative estimate of drug-likeness (QED) is 0.747. The summed E-state index contributed by atoms with van der Waals surface area (Å²) < 4.78 is 3.48. The van der Waals surface area contributed by atoms with E-state index in [1.165, 1.54) is 0 Å². The largest absolute Gasteiger partial charge is 0.478 e. The average molecular weight is 241 g/mol. The molecular formula is C13H11N3O2. The maximum atomic E-state index is 11.2. The standard InChI is InChI=1S/C13H11N3O2/c1-15-7-6-12(14-15)16-8-10(13(17)18)9-4-2-3-5-11(9)16/h2-8H,1H3,(H,17,18). The Balaban J connectivity index is 2.33. The van der Waals surface area contributed by atoms with Gasteiger partial charge in [-0.05, 0) is 6.07 Å². The predicted octanol–water partition coefficient (Wildman–Crippen LogP) is 2.06.